The first-order valence-electron chi connectivity index (χ1n) is 9.81. The second-order valence-electron chi connectivity index (χ2n) is 7.79. The molecule has 2 saturated carbocycles. The number of hydrogen-bond donors (Lipinski definition) is 0. The zero-order chi connectivity index (χ0) is 16.0. The molecule has 0 aliphatic heterocycles. The number of hydrogen-bond acceptors (Lipinski definition) is 1. The maximum atomic E-state index is 6.41. The van der Waals surface area contributed by atoms with Gasteiger partial charge in [0.25, 0.3) is 0 Å². The molecule has 2 fully saturated rings. The Morgan fingerprint density at radius 2 is 1.33 bits per heavy atom. The molecule has 3 rings (SSSR count). The minimum absolute atomic E-state index is 0. The van der Waals surface area contributed by atoms with Crippen molar-refractivity contribution in [1.82, 2.24) is 0 Å². The smallest absolute Gasteiger partial charge is 0.588 e. The van der Waals surface area contributed by atoms with E-state index in [0.29, 0.717) is 0 Å². The topological polar surface area (TPSA) is 9.23 Å². The molecule has 0 radical (unpaired) electrons. The second kappa shape index (κ2) is 10.2. The molecule has 0 heterocycles. The number of benzene rings is 1. The van der Waals surface area contributed by atoms with E-state index in [2.05, 4.69) is 42.4 Å². The summed E-state index contributed by atoms with van der Waals surface area (Å²) in [5.74, 6) is 4.02. The normalized spacial score (nSPS) is 20.9. The van der Waals surface area contributed by atoms with Gasteiger partial charge in [0, 0.05) is 0 Å². The van der Waals surface area contributed by atoms with Crippen LogP contribution in [0.3, 0.4) is 0 Å². The van der Waals surface area contributed by atoms with Crippen LogP contribution in [0.15, 0.2) is 36.3 Å². The summed E-state index contributed by atoms with van der Waals surface area (Å²) in [6.07, 6.45) is 15.4. The van der Waals surface area contributed by atoms with Gasteiger partial charge in [0.1, 0.15) is 6.35 Å². The van der Waals surface area contributed by atoms with Crippen LogP contribution in [-0.4, -0.2) is 13.5 Å². The fraction of sp³-hybridized carbons (Fsp3) is 0.619. The fourth-order valence-electron chi connectivity index (χ4n) is 5.30. The summed E-state index contributed by atoms with van der Waals surface area (Å²) in [7, 11) is 1.98. The molecular weight excluding hydrogens is 302 g/mol. The van der Waals surface area contributed by atoms with Crippen molar-refractivity contribution in [2.24, 2.45) is 0 Å². The third kappa shape index (κ3) is 4.78. The maximum Gasteiger partial charge on any atom is 1.00 e. The minimum Gasteiger partial charge on any atom is -0.588 e. The van der Waals surface area contributed by atoms with Crippen molar-refractivity contribution in [2.45, 2.75) is 75.8 Å². The zero-order valence-corrected chi connectivity index (χ0v) is 17.8. The molecule has 1 aromatic rings. The van der Waals surface area contributed by atoms with Gasteiger partial charge in [0.05, 0.1) is 0 Å². The minimum atomic E-state index is -0.849. The van der Waals surface area contributed by atoms with E-state index in [1.807, 2.05) is 7.11 Å². The summed E-state index contributed by atoms with van der Waals surface area (Å²) in [4.78, 5) is 0. The van der Waals surface area contributed by atoms with Crippen molar-refractivity contribution < 1.29 is 34.2 Å². The average molecular weight is 334 g/mol. The molecule has 0 spiro atoms. The predicted octanol–water partition coefficient (Wildman–Crippen LogP) is 3.50. The Hall–Kier alpha value is -0.0151. The van der Waals surface area contributed by atoms with E-state index in [0.717, 1.165) is 11.6 Å². The van der Waals surface area contributed by atoms with Gasteiger partial charge in [-0.05, 0) is 12.7 Å². The molecule has 0 N–H and O–H groups in total. The summed E-state index contributed by atoms with van der Waals surface area (Å²) >= 11 is 0. The molecule has 0 aromatic heterocycles. The summed E-state index contributed by atoms with van der Waals surface area (Å²) in [5, 5.41) is 0. The van der Waals surface area contributed by atoms with Crippen LogP contribution < -0.4 is 29.6 Å². The van der Waals surface area contributed by atoms with Gasteiger partial charge in [-0.3, -0.25) is 0 Å². The first kappa shape index (κ1) is 20.3. The van der Waals surface area contributed by atoms with Gasteiger partial charge in [0.2, 0.25) is 0 Å². The second-order valence-corrected chi connectivity index (χ2v) is 7.79. The summed E-state index contributed by atoms with van der Waals surface area (Å²) in [6.45, 7) is 0. The Balaban J connectivity index is 0.00000208. The van der Waals surface area contributed by atoms with Crippen molar-refractivity contribution in [2.75, 3.05) is 7.11 Å². The predicted molar refractivity (Wildman–Crippen MR) is 102 cm³/mol. The molecule has 0 unspecified atom stereocenters. The van der Waals surface area contributed by atoms with Gasteiger partial charge >= 0.3 is 29.6 Å². The standard InChI is InChI=1S/C21H32BO.Na/c1-23-22(20-13-7-3-8-14-20,21-15-9-4-10-16-21)18-17-19-11-5-2-6-12-19;/h2,5-6,11-12,17-18,20-21H,3-4,7-10,13-16H2,1H3;/q-1;+1/b18-17+;. The Morgan fingerprint density at radius 3 is 1.79 bits per heavy atom. The van der Waals surface area contributed by atoms with Crippen molar-refractivity contribution >= 4 is 12.4 Å². The molecule has 0 amide bonds. The number of rotatable bonds is 5. The van der Waals surface area contributed by atoms with Crippen LogP contribution in [0.4, 0.5) is 0 Å². The molecule has 1 aromatic carbocycles. The summed E-state index contributed by atoms with van der Waals surface area (Å²) < 4.78 is 6.41. The molecule has 126 valence electrons. The third-order valence-electron chi connectivity index (χ3n) is 6.57. The van der Waals surface area contributed by atoms with Crippen LogP contribution >= 0.6 is 0 Å². The van der Waals surface area contributed by atoms with Crippen molar-refractivity contribution in [3.8, 4) is 0 Å². The first-order valence-corrected chi connectivity index (χ1v) is 9.81. The molecular formula is C21H32BNaO. The van der Waals surface area contributed by atoms with E-state index >= 15 is 0 Å². The Labute approximate surface area is 170 Å². The summed E-state index contributed by atoms with van der Waals surface area (Å²) in [6, 6.07) is 10.8. The maximum absolute atomic E-state index is 6.41. The molecule has 24 heavy (non-hydrogen) atoms. The molecule has 0 saturated heterocycles. The van der Waals surface area contributed by atoms with Gasteiger partial charge in [-0.25, -0.2) is 5.98 Å². The van der Waals surface area contributed by atoms with Gasteiger partial charge in [-0.1, -0.05) is 101 Å². The molecule has 3 heteroatoms. The molecule has 0 bridgehead atoms. The van der Waals surface area contributed by atoms with Crippen LogP contribution in [-0.2, 0) is 4.65 Å². The van der Waals surface area contributed by atoms with Crippen molar-refractivity contribution in [1.29, 1.82) is 0 Å². The Morgan fingerprint density at radius 1 is 0.833 bits per heavy atom. The van der Waals surface area contributed by atoms with E-state index in [-0.39, 0.29) is 29.6 Å². The fourth-order valence-corrected chi connectivity index (χ4v) is 5.30. The van der Waals surface area contributed by atoms with Crippen molar-refractivity contribution in [3.05, 3.63) is 41.9 Å². The van der Waals surface area contributed by atoms with Crippen LogP contribution in [0.2, 0.25) is 11.6 Å². The van der Waals surface area contributed by atoms with E-state index in [4.69, 9.17) is 4.65 Å². The largest absolute Gasteiger partial charge is 1.00 e. The average Bonchev–Trinajstić information content (AvgIpc) is 2.65. The zero-order valence-electron chi connectivity index (χ0n) is 15.8. The van der Waals surface area contributed by atoms with Crippen LogP contribution in [0, 0.1) is 0 Å². The Bertz CT molecular complexity index is 472. The Kier molecular flexibility index (Phi) is 8.64. The van der Waals surface area contributed by atoms with Gasteiger partial charge in [0.15, 0.2) is 0 Å². The van der Waals surface area contributed by atoms with Crippen LogP contribution in [0.5, 0.6) is 0 Å². The van der Waals surface area contributed by atoms with Gasteiger partial charge in [-0.15, -0.1) is 11.6 Å². The first-order chi connectivity index (χ1) is 11.3. The molecule has 1 nitrogen and oxygen atoms in total. The van der Waals surface area contributed by atoms with E-state index in [1.54, 1.807) is 0 Å². The van der Waals surface area contributed by atoms with Gasteiger partial charge in [-0.2, -0.15) is 0 Å². The molecule has 2 aliphatic rings. The molecule has 2 aliphatic carbocycles. The van der Waals surface area contributed by atoms with E-state index in [9.17, 15) is 0 Å². The van der Waals surface area contributed by atoms with Crippen LogP contribution in [0.1, 0.15) is 69.8 Å². The summed E-state index contributed by atoms with van der Waals surface area (Å²) in [5.41, 5.74) is 1.31. The van der Waals surface area contributed by atoms with Crippen LogP contribution in [0.25, 0.3) is 6.08 Å². The van der Waals surface area contributed by atoms with E-state index in [1.165, 1.54) is 69.8 Å². The molecule has 0 atom stereocenters. The van der Waals surface area contributed by atoms with Gasteiger partial charge < -0.3 is 4.65 Å². The van der Waals surface area contributed by atoms with E-state index < -0.39 is 6.35 Å². The SMILES string of the molecule is CO[B-](/C=C/c1ccccc1)(C1CCCCC1)C1CCCCC1.[Na+]. The quantitative estimate of drug-likeness (QED) is 0.749. The third-order valence-corrected chi connectivity index (χ3v) is 6.57. The monoisotopic (exact) mass is 334 g/mol. The van der Waals surface area contributed by atoms with Crippen molar-refractivity contribution in [3.63, 3.8) is 0 Å².